The van der Waals surface area contributed by atoms with Crippen molar-refractivity contribution in [3.63, 3.8) is 0 Å². The molecule has 0 fully saturated rings. The third-order valence-corrected chi connectivity index (χ3v) is 3.33. The summed E-state index contributed by atoms with van der Waals surface area (Å²) >= 11 is 0. The molecule has 8 nitrogen and oxygen atoms in total. The second-order valence-electron chi connectivity index (χ2n) is 5.03. The molecule has 2 aromatic carbocycles. The topological polar surface area (TPSA) is 118 Å². The second-order valence-corrected chi connectivity index (χ2v) is 5.03. The van der Waals surface area contributed by atoms with Crippen LogP contribution >= 0.6 is 0 Å². The van der Waals surface area contributed by atoms with Crippen LogP contribution in [-0.2, 0) is 9.47 Å². The molecule has 0 bridgehead atoms. The minimum atomic E-state index is -0.666. The molecule has 8 heteroatoms. The molecule has 0 saturated carbocycles. The van der Waals surface area contributed by atoms with Gasteiger partial charge in [0.2, 0.25) is 0 Å². The van der Waals surface area contributed by atoms with E-state index < -0.39 is 11.9 Å². The molecule has 0 spiro atoms. The fourth-order valence-corrected chi connectivity index (χ4v) is 2.01. The summed E-state index contributed by atoms with van der Waals surface area (Å²) in [6.07, 6.45) is 2.76. The molecular formula is C18H16N2O6. The van der Waals surface area contributed by atoms with E-state index in [0.29, 0.717) is 11.1 Å². The Morgan fingerprint density at radius 2 is 1.19 bits per heavy atom. The lowest BCUT2D eigenvalue weighted by Gasteiger charge is -2.03. The Kier molecular flexibility index (Phi) is 6.05. The van der Waals surface area contributed by atoms with Gasteiger partial charge in [0.05, 0.1) is 26.6 Å². The second kappa shape index (κ2) is 8.43. The van der Waals surface area contributed by atoms with Crippen molar-refractivity contribution in [1.29, 1.82) is 0 Å². The largest absolute Gasteiger partial charge is 0.507 e. The van der Waals surface area contributed by atoms with E-state index in [4.69, 9.17) is 0 Å². The van der Waals surface area contributed by atoms with Crippen LogP contribution in [0.3, 0.4) is 0 Å². The van der Waals surface area contributed by atoms with Gasteiger partial charge in [-0.2, -0.15) is 10.2 Å². The van der Waals surface area contributed by atoms with Gasteiger partial charge in [0.1, 0.15) is 22.6 Å². The van der Waals surface area contributed by atoms with Crippen molar-refractivity contribution in [1.82, 2.24) is 0 Å². The first-order valence-corrected chi connectivity index (χ1v) is 7.35. The number of benzene rings is 2. The molecule has 134 valence electrons. The first-order valence-electron chi connectivity index (χ1n) is 7.35. The molecule has 0 aliphatic carbocycles. The van der Waals surface area contributed by atoms with Crippen LogP contribution in [-0.4, -0.2) is 48.8 Å². The monoisotopic (exact) mass is 356 g/mol. The van der Waals surface area contributed by atoms with Crippen LogP contribution < -0.4 is 0 Å². The number of carbonyl (C=O) groups is 2. The molecular weight excluding hydrogens is 340 g/mol. The Morgan fingerprint density at radius 1 is 0.808 bits per heavy atom. The third-order valence-electron chi connectivity index (χ3n) is 3.33. The van der Waals surface area contributed by atoms with Gasteiger partial charge in [-0.1, -0.05) is 0 Å². The van der Waals surface area contributed by atoms with E-state index in [-0.39, 0.29) is 22.6 Å². The summed E-state index contributed by atoms with van der Waals surface area (Å²) in [4.78, 5) is 23.1. The Labute approximate surface area is 149 Å². The first kappa shape index (κ1) is 18.7. The zero-order valence-electron chi connectivity index (χ0n) is 14.0. The normalized spacial score (nSPS) is 11.0. The zero-order chi connectivity index (χ0) is 19.1. The highest BCUT2D eigenvalue weighted by Gasteiger charge is 2.12. The molecule has 0 unspecified atom stereocenters. The number of ether oxygens (including phenoxy) is 2. The molecule has 0 saturated heterocycles. The van der Waals surface area contributed by atoms with Crippen LogP contribution in [0.4, 0.5) is 0 Å². The fraction of sp³-hybridized carbons (Fsp3) is 0.111. The zero-order valence-corrected chi connectivity index (χ0v) is 14.0. The van der Waals surface area contributed by atoms with Gasteiger partial charge in [0.15, 0.2) is 0 Å². The number of nitrogens with zero attached hydrogens (tertiary/aromatic N) is 2. The summed E-state index contributed by atoms with van der Waals surface area (Å²) in [6, 6.07) is 8.62. The Bertz CT molecular complexity index is 816. The van der Waals surface area contributed by atoms with Gasteiger partial charge >= 0.3 is 11.9 Å². The molecule has 2 N–H and O–H groups in total. The standard InChI is InChI=1S/C18H16N2O6/c1-25-17(23)13-7-11(3-5-15(13)21)9-19-20-10-12-4-6-16(22)14(8-12)18(24)26-2/h3-10,21-22H,1-2H3. The number of phenolic OH excluding ortho intramolecular Hbond substituents is 2. The van der Waals surface area contributed by atoms with Crippen molar-refractivity contribution < 1.29 is 29.3 Å². The Hall–Kier alpha value is -3.68. The first-order chi connectivity index (χ1) is 12.5. The van der Waals surface area contributed by atoms with Crippen molar-refractivity contribution in [3.05, 3.63) is 58.7 Å². The summed E-state index contributed by atoms with van der Waals surface area (Å²) in [6.45, 7) is 0. The van der Waals surface area contributed by atoms with E-state index in [1.165, 1.54) is 50.9 Å². The maximum absolute atomic E-state index is 11.5. The Morgan fingerprint density at radius 3 is 1.54 bits per heavy atom. The van der Waals surface area contributed by atoms with Crippen LogP contribution in [0.5, 0.6) is 11.5 Å². The van der Waals surface area contributed by atoms with Crippen LogP contribution in [0.15, 0.2) is 46.6 Å². The SMILES string of the molecule is COC(=O)c1cc(C=NN=Cc2ccc(O)c(C(=O)OC)c2)ccc1O. The van der Waals surface area contributed by atoms with Gasteiger partial charge in [0, 0.05) is 0 Å². The molecule has 2 rings (SSSR count). The highest BCUT2D eigenvalue weighted by molar-refractivity contribution is 5.96. The molecule has 0 aliphatic rings. The number of aromatic hydroxyl groups is 2. The lowest BCUT2D eigenvalue weighted by Crippen LogP contribution is -2.02. The molecule has 0 aliphatic heterocycles. The number of esters is 2. The van der Waals surface area contributed by atoms with Crippen molar-refractivity contribution >= 4 is 24.4 Å². The number of hydrogen-bond acceptors (Lipinski definition) is 8. The molecule has 0 heterocycles. The summed E-state index contributed by atoms with van der Waals surface area (Å²) in [5.41, 5.74) is 1.09. The predicted octanol–water partition coefficient (Wildman–Crippen LogP) is 2.12. The number of methoxy groups -OCH3 is 2. The number of carbonyl (C=O) groups excluding carboxylic acids is 2. The van der Waals surface area contributed by atoms with Gasteiger partial charge in [-0.3, -0.25) is 0 Å². The fourth-order valence-electron chi connectivity index (χ4n) is 2.01. The van der Waals surface area contributed by atoms with Crippen LogP contribution in [0.2, 0.25) is 0 Å². The van der Waals surface area contributed by atoms with E-state index in [0.717, 1.165) is 0 Å². The molecule has 0 radical (unpaired) electrons. The van der Waals surface area contributed by atoms with Gasteiger partial charge in [-0.05, 0) is 47.5 Å². The van der Waals surface area contributed by atoms with Crippen LogP contribution in [0.25, 0.3) is 0 Å². The van der Waals surface area contributed by atoms with E-state index in [2.05, 4.69) is 19.7 Å². The maximum atomic E-state index is 11.5. The van der Waals surface area contributed by atoms with Gasteiger partial charge in [-0.15, -0.1) is 0 Å². The molecule has 0 amide bonds. The highest BCUT2D eigenvalue weighted by Crippen LogP contribution is 2.19. The average molecular weight is 356 g/mol. The average Bonchev–Trinajstić information content (AvgIpc) is 2.66. The molecule has 0 atom stereocenters. The smallest absolute Gasteiger partial charge is 0.341 e. The van der Waals surface area contributed by atoms with E-state index in [9.17, 15) is 19.8 Å². The summed E-state index contributed by atoms with van der Waals surface area (Å²) < 4.78 is 9.15. The highest BCUT2D eigenvalue weighted by atomic mass is 16.5. The van der Waals surface area contributed by atoms with Crippen molar-refractivity contribution in [2.24, 2.45) is 10.2 Å². The quantitative estimate of drug-likeness (QED) is 0.481. The summed E-state index contributed by atoms with van der Waals surface area (Å²) in [5, 5.41) is 27.0. The summed E-state index contributed by atoms with van der Waals surface area (Å²) in [7, 11) is 2.43. The Balaban J connectivity index is 2.16. The number of phenols is 2. The van der Waals surface area contributed by atoms with Crippen molar-refractivity contribution in [2.75, 3.05) is 14.2 Å². The van der Waals surface area contributed by atoms with E-state index in [1.54, 1.807) is 12.1 Å². The van der Waals surface area contributed by atoms with Crippen molar-refractivity contribution in [2.45, 2.75) is 0 Å². The maximum Gasteiger partial charge on any atom is 0.341 e. The van der Waals surface area contributed by atoms with E-state index in [1.807, 2.05) is 0 Å². The van der Waals surface area contributed by atoms with Crippen LogP contribution in [0, 0.1) is 0 Å². The lowest BCUT2D eigenvalue weighted by atomic mass is 10.1. The number of hydrogen-bond donors (Lipinski definition) is 2. The number of rotatable bonds is 5. The minimum Gasteiger partial charge on any atom is -0.507 e. The van der Waals surface area contributed by atoms with Gasteiger partial charge in [0.25, 0.3) is 0 Å². The van der Waals surface area contributed by atoms with Crippen LogP contribution in [0.1, 0.15) is 31.8 Å². The molecule has 0 aromatic heterocycles. The molecule has 2 aromatic rings. The van der Waals surface area contributed by atoms with E-state index >= 15 is 0 Å². The molecule has 26 heavy (non-hydrogen) atoms. The summed E-state index contributed by atoms with van der Waals surface area (Å²) in [5.74, 6) is -1.73. The van der Waals surface area contributed by atoms with Gasteiger partial charge in [-0.25, -0.2) is 9.59 Å². The third kappa shape index (κ3) is 4.44. The predicted molar refractivity (Wildman–Crippen MR) is 94.1 cm³/mol. The van der Waals surface area contributed by atoms with Crippen molar-refractivity contribution in [3.8, 4) is 11.5 Å². The lowest BCUT2D eigenvalue weighted by molar-refractivity contribution is 0.0588. The van der Waals surface area contributed by atoms with Gasteiger partial charge < -0.3 is 19.7 Å². The minimum absolute atomic E-state index is 0.0154.